The van der Waals surface area contributed by atoms with E-state index >= 15 is 0 Å². The Hall–Kier alpha value is -1.11. The van der Waals surface area contributed by atoms with Gasteiger partial charge in [-0.25, -0.2) is 13.2 Å². The third-order valence-corrected chi connectivity index (χ3v) is 2.21. The van der Waals surface area contributed by atoms with Crippen LogP contribution in [0.5, 0.6) is 0 Å². The summed E-state index contributed by atoms with van der Waals surface area (Å²) >= 11 is 0. The van der Waals surface area contributed by atoms with Gasteiger partial charge in [-0.1, -0.05) is 12.1 Å². The molecule has 17 heavy (non-hydrogen) atoms. The lowest BCUT2D eigenvalue weighted by Crippen LogP contribution is -2.37. The van der Waals surface area contributed by atoms with E-state index in [4.69, 9.17) is 5.11 Å². The van der Waals surface area contributed by atoms with Crippen molar-refractivity contribution in [3.63, 3.8) is 0 Å². The maximum Gasteiger partial charge on any atom is 0.282 e. The average molecular weight is 249 g/mol. The van der Waals surface area contributed by atoms with Crippen LogP contribution in [-0.4, -0.2) is 35.8 Å². The van der Waals surface area contributed by atoms with Crippen LogP contribution in [0.2, 0.25) is 0 Å². The Kier molecular flexibility index (Phi) is 4.92. The Bertz CT molecular complexity index is 343. The normalized spacial score (nSPS) is 13.7. The highest BCUT2D eigenvalue weighted by Crippen LogP contribution is 2.14. The van der Waals surface area contributed by atoms with Gasteiger partial charge in [-0.3, -0.25) is 0 Å². The maximum absolute atomic E-state index is 12.6. The SMILES string of the molecule is OCC(F)(F)CNCC(O)c1ccc(F)cc1. The van der Waals surface area contributed by atoms with Crippen molar-refractivity contribution in [2.75, 3.05) is 19.7 Å². The molecule has 0 radical (unpaired) electrons. The largest absolute Gasteiger partial charge is 0.390 e. The number of hydrogen-bond donors (Lipinski definition) is 3. The standard InChI is InChI=1S/C11H14F3NO2/c12-9-3-1-8(2-4-9)10(17)5-15-6-11(13,14)7-16/h1-4,10,15-17H,5-7H2. The number of benzene rings is 1. The fourth-order valence-corrected chi connectivity index (χ4v) is 1.25. The van der Waals surface area contributed by atoms with Gasteiger partial charge in [0.1, 0.15) is 12.4 Å². The van der Waals surface area contributed by atoms with Crippen molar-refractivity contribution < 1.29 is 23.4 Å². The fraction of sp³-hybridized carbons (Fsp3) is 0.455. The molecule has 0 aliphatic carbocycles. The number of alkyl halides is 2. The molecule has 1 unspecified atom stereocenters. The summed E-state index contributed by atoms with van der Waals surface area (Å²) in [6, 6.07) is 5.12. The van der Waals surface area contributed by atoms with Crippen molar-refractivity contribution in [2.45, 2.75) is 12.0 Å². The molecule has 0 aliphatic rings. The highest BCUT2D eigenvalue weighted by Gasteiger charge is 2.27. The van der Waals surface area contributed by atoms with Gasteiger partial charge in [0, 0.05) is 6.54 Å². The molecule has 96 valence electrons. The Labute approximate surface area is 96.9 Å². The Balaban J connectivity index is 2.40. The van der Waals surface area contributed by atoms with E-state index in [1.165, 1.54) is 24.3 Å². The third-order valence-electron chi connectivity index (χ3n) is 2.21. The van der Waals surface area contributed by atoms with Crippen LogP contribution in [0.3, 0.4) is 0 Å². The van der Waals surface area contributed by atoms with Gasteiger partial charge in [-0.15, -0.1) is 0 Å². The van der Waals surface area contributed by atoms with Gasteiger partial charge in [0.25, 0.3) is 5.92 Å². The maximum atomic E-state index is 12.6. The van der Waals surface area contributed by atoms with E-state index in [0.29, 0.717) is 5.56 Å². The first-order valence-electron chi connectivity index (χ1n) is 5.07. The number of hydrogen-bond acceptors (Lipinski definition) is 3. The molecule has 3 N–H and O–H groups in total. The van der Waals surface area contributed by atoms with E-state index in [-0.39, 0.29) is 6.54 Å². The second-order valence-electron chi connectivity index (χ2n) is 3.71. The Morgan fingerprint density at radius 3 is 2.35 bits per heavy atom. The molecule has 0 saturated heterocycles. The number of rotatable bonds is 6. The smallest absolute Gasteiger partial charge is 0.282 e. The lowest BCUT2D eigenvalue weighted by Gasteiger charge is -2.16. The van der Waals surface area contributed by atoms with Gasteiger partial charge in [-0.05, 0) is 17.7 Å². The molecule has 1 aromatic rings. The number of aliphatic hydroxyl groups is 2. The summed E-state index contributed by atoms with van der Waals surface area (Å²) in [6.07, 6.45) is -0.995. The molecular formula is C11H14F3NO2. The molecule has 3 nitrogen and oxygen atoms in total. The molecule has 0 saturated carbocycles. The minimum absolute atomic E-state index is 0.0960. The van der Waals surface area contributed by atoms with E-state index in [0.717, 1.165) is 0 Å². The van der Waals surface area contributed by atoms with Crippen molar-refractivity contribution in [3.05, 3.63) is 35.6 Å². The summed E-state index contributed by atoms with van der Waals surface area (Å²) in [7, 11) is 0. The number of nitrogens with one attached hydrogen (secondary N) is 1. The van der Waals surface area contributed by atoms with Crippen LogP contribution in [0.1, 0.15) is 11.7 Å². The monoisotopic (exact) mass is 249 g/mol. The fourth-order valence-electron chi connectivity index (χ4n) is 1.25. The lowest BCUT2D eigenvalue weighted by molar-refractivity contribution is -0.0488. The Morgan fingerprint density at radius 1 is 1.24 bits per heavy atom. The van der Waals surface area contributed by atoms with Crippen LogP contribution < -0.4 is 5.32 Å². The van der Waals surface area contributed by atoms with Gasteiger partial charge >= 0.3 is 0 Å². The number of halogens is 3. The van der Waals surface area contributed by atoms with E-state index < -0.39 is 31.0 Å². The molecule has 0 aromatic heterocycles. The van der Waals surface area contributed by atoms with E-state index in [1.807, 2.05) is 0 Å². The van der Waals surface area contributed by atoms with Gasteiger partial charge in [0.15, 0.2) is 0 Å². The minimum Gasteiger partial charge on any atom is -0.390 e. The molecule has 0 bridgehead atoms. The van der Waals surface area contributed by atoms with Crippen molar-refractivity contribution >= 4 is 0 Å². The highest BCUT2D eigenvalue weighted by atomic mass is 19.3. The molecule has 1 aromatic carbocycles. The van der Waals surface area contributed by atoms with Crippen molar-refractivity contribution in [3.8, 4) is 0 Å². The molecule has 1 rings (SSSR count). The molecular weight excluding hydrogens is 235 g/mol. The van der Waals surface area contributed by atoms with Gasteiger partial charge in [0.2, 0.25) is 0 Å². The summed E-state index contributed by atoms with van der Waals surface area (Å²) in [6.45, 7) is -2.06. The summed E-state index contributed by atoms with van der Waals surface area (Å²) in [5.41, 5.74) is 0.436. The zero-order valence-electron chi connectivity index (χ0n) is 9.04. The van der Waals surface area contributed by atoms with Gasteiger partial charge in [0.05, 0.1) is 12.6 Å². The minimum atomic E-state index is -3.21. The Morgan fingerprint density at radius 2 is 1.82 bits per heavy atom. The van der Waals surface area contributed by atoms with Crippen molar-refractivity contribution in [2.24, 2.45) is 0 Å². The summed E-state index contributed by atoms with van der Waals surface area (Å²) in [5, 5.41) is 20.2. The summed E-state index contributed by atoms with van der Waals surface area (Å²) < 4.78 is 37.8. The van der Waals surface area contributed by atoms with Crippen LogP contribution >= 0.6 is 0 Å². The van der Waals surface area contributed by atoms with E-state index in [1.54, 1.807) is 0 Å². The topological polar surface area (TPSA) is 52.5 Å². The zero-order valence-corrected chi connectivity index (χ0v) is 9.04. The predicted molar refractivity (Wildman–Crippen MR) is 56.3 cm³/mol. The molecule has 0 spiro atoms. The summed E-state index contributed by atoms with van der Waals surface area (Å²) in [5.74, 6) is -3.64. The molecule has 0 aliphatic heterocycles. The van der Waals surface area contributed by atoms with E-state index in [9.17, 15) is 18.3 Å². The summed E-state index contributed by atoms with van der Waals surface area (Å²) in [4.78, 5) is 0. The van der Waals surface area contributed by atoms with Crippen LogP contribution in [-0.2, 0) is 0 Å². The molecule has 6 heteroatoms. The third kappa shape index (κ3) is 4.72. The van der Waals surface area contributed by atoms with Crippen molar-refractivity contribution in [1.29, 1.82) is 0 Å². The molecule has 0 heterocycles. The van der Waals surface area contributed by atoms with Crippen molar-refractivity contribution in [1.82, 2.24) is 5.32 Å². The number of aliphatic hydroxyl groups excluding tert-OH is 2. The quantitative estimate of drug-likeness (QED) is 0.707. The lowest BCUT2D eigenvalue weighted by atomic mass is 10.1. The van der Waals surface area contributed by atoms with Crippen LogP contribution in [0.25, 0.3) is 0 Å². The molecule has 0 fully saturated rings. The second-order valence-corrected chi connectivity index (χ2v) is 3.71. The van der Waals surface area contributed by atoms with Gasteiger partial charge in [-0.2, -0.15) is 0 Å². The first-order valence-corrected chi connectivity index (χ1v) is 5.07. The average Bonchev–Trinajstić information content (AvgIpc) is 2.29. The van der Waals surface area contributed by atoms with Crippen LogP contribution in [0, 0.1) is 5.82 Å². The second kappa shape index (κ2) is 6.00. The van der Waals surface area contributed by atoms with E-state index in [2.05, 4.69) is 5.32 Å². The van der Waals surface area contributed by atoms with Crippen LogP contribution in [0.15, 0.2) is 24.3 Å². The molecule has 0 amide bonds. The first-order chi connectivity index (χ1) is 7.94. The predicted octanol–water partition coefficient (Wildman–Crippen LogP) is 1.08. The van der Waals surface area contributed by atoms with Crippen LogP contribution in [0.4, 0.5) is 13.2 Å². The zero-order chi connectivity index (χ0) is 12.9. The first kappa shape index (κ1) is 14.0. The highest BCUT2D eigenvalue weighted by molar-refractivity contribution is 5.18. The molecule has 1 atom stereocenters. The van der Waals surface area contributed by atoms with Gasteiger partial charge < -0.3 is 15.5 Å².